The van der Waals surface area contributed by atoms with Gasteiger partial charge in [-0.05, 0) is 29.4 Å². The van der Waals surface area contributed by atoms with Crippen molar-refractivity contribution in [1.29, 1.82) is 0 Å². The average molecular weight is 315 g/mol. The summed E-state index contributed by atoms with van der Waals surface area (Å²) >= 11 is 0. The van der Waals surface area contributed by atoms with Gasteiger partial charge in [0.05, 0.1) is 11.6 Å². The van der Waals surface area contributed by atoms with Crippen molar-refractivity contribution in [3.05, 3.63) is 63.7 Å². The summed E-state index contributed by atoms with van der Waals surface area (Å²) in [7, 11) is 0. The van der Waals surface area contributed by atoms with E-state index in [1.165, 1.54) is 16.7 Å². The van der Waals surface area contributed by atoms with Gasteiger partial charge < -0.3 is 5.32 Å². The summed E-state index contributed by atoms with van der Waals surface area (Å²) in [6.07, 6.45) is 3.00. The van der Waals surface area contributed by atoms with Gasteiger partial charge in [-0.1, -0.05) is 6.07 Å². The minimum absolute atomic E-state index is 0.246. The number of aromatic nitrogens is 1. The van der Waals surface area contributed by atoms with Gasteiger partial charge in [-0.15, -0.1) is 0 Å². The Morgan fingerprint density at radius 2 is 2.22 bits per heavy atom. The lowest BCUT2D eigenvalue weighted by molar-refractivity contribution is 0.116. The number of piperidine rings is 1. The molecule has 6 heteroatoms. The molecule has 1 aromatic rings. The molecule has 1 unspecified atom stereocenters. The van der Waals surface area contributed by atoms with Crippen LogP contribution >= 0.6 is 0 Å². The predicted octanol–water partition coefficient (Wildman–Crippen LogP) is 2.21. The van der Waals surface area contributed by atoms with Crippen LogP contribution in [0.1, 0.15) is 6.42 Å². The lowest BCUT2D eigenvalue weighted by atomic mass is 9.86. The first-order valence-electron chi connectivity index (χ1n) is 7.57. The quantitative estimate of drug-likeness (QED) is 0.909. The smallest absolute Gasteiger partial charge is 0.255 e. The van der Waals surface area contributed by atoms with Gasteiger partial charge in [-0.25, -0.2) is 8.78 Å². The van der Waals surface area contributed by atoms with Crippen LogP contribution in [0.2, 0.25) is 0 Å². The molecule has 0 aromatic carbocycles. The lowest BCUT2D eigenvalue weighted by Crippen LogP contribution is -2.31. The van der Waals surface area contributed by atoms with Crippen molar-refractivity contribution in [2.45, 2.75) is 12.8 Å². The summed E-state index contributed by atoms with van der Waals surface area (Å²) in [6.45, 7) is 1.38. The Morgan fingerprint density at radius 1 is 1.35 bits per heavy atom. The van der Waals surface area contributed by atoms with E-state index in [-0.39, 0.29) is 5.56 Å². The van der Waals surface area contributed by atoms with Crippen LogP contribution < -0.4 is 10.9 Å². The standard InChI is InChI=1S/C17H15F2N3O/c18-17(19)11-7-10(22-6-2-1-3-15(22)23)8-14-16(11)12-9-20-5-4-13(12)21-14/h1-3,6-8,11,17,20H,4-5,9H2. The highest BCUT2D eigenvalue weighted by molar-refractivity contribution is 6.06. The van der Waals surface area contributed by atoms with E-state index in [0.717, 1.165) is 24.3 Å². The molecular weight excluding hydrogens is 300 g/mol. The fourth-order valence-corrected chi connectivity index (χ4v) is 3.33. The van der Waals surface area contributed by atoms with Gasteiger partial charge in [0, 0.05) is 43.2 Å². The van der Waals surface area contributed by atoms with E-state index in [1.807, 2.05) is 0 Å². The first kappa shape index (κ1) is 14.3. The maximum Gasteiger partial charge on any atom is 0.255 e. The fourth-order valence-electron chi connectivity index (χ4n) is 3.33. The van der Waals surface area contributed by atoms with Gasteiger partial charge in [0.15, 0.2) is 0 Å². The number of hydrogen-bond donors (Lipinski definition) is 1. The molecule has 1 fully saturated rings. The molecule has 0 saturated carbocycles. The Balaban J connectivity index is 1.87. The molecule has 1 aliphatic carbocycles. The van der Waals surface area contributed by atoms with Crippen LogP contribution in [-0.4, -0.2) is 29.8 Å². The summed E-state index contributed by atoms with van der Waals surface area (Å²) in [4.78, 5) is 16.5. The van der Waals surface area contributed by atoms with Crippen LogP contribution in [-0.2, 0) is 0 Å². The zero-order valence-corrected chi connectivity index (χ0v) is 12.3. The van der Waals surface area contributed by atoms with Crippen molar-refractivity contribution in [1.82, 2.24) is 9.88 Å². The number of allylic oxidation sites excluding steroid dienone is 4. The van der Waals surface area contributed by atoms with Gasteiger partial charge in [0.1, 0.15) is 0 Å². The third kappa shape index (κ3) is 2.30. The van der Waals surface area contributed by atoms with E-state index in [0.29, 0.717) is 23.5 Å². The summed E-state index contributed by atoms with van der Waals surface area (Å²) < 4.78 is 28.7. The molecule has 1 saturated heterocycles. The third-order valence-electron chi connectivity index (χ3n) is 4.39. The molecule has 3 aliphatic rings. The predicted molar refractivity (Wildman–Crippen MR) is 84.5 cm³/mol. The highest BCUT2D eigenvalue weighted by Gasteiger charge is 2.36. The molecule has 1 atom stereocenters. The van der Waals surface area contributed by atoms with Crippen LogP contribution in [0.5, 0.6) is 0 Å². The lowest BCUT2D eigenvalue weighted by Gasteiger charge is -2.24. The Bertz CT molecular complexity index is 845. The molecule has 2 aliphatic heterocycles. The van der Waals surface area contributed by atoms with E-state index < -0.39 is 12.3 Å². The van der Waals surface area contributed by atoms with Gasteiger partial charge in [-0.2, -0.15) is 0 Å². The highest BCUT2D eigenvalue weighted by atomic mass is 19.3. The molecule has 0 bridgehead atoms. The Hall–Kier alpha value is -2.34. The maximum absolute atomic E-state index is 13.6. The molecule has 0 spiro atoms. The number of halogens is 2. The zero-order valence-electron chi connectivity index (χ0n) is 12.3. The SMILES string of the molecule is O=c1ccccn1C1=CC(C(F)F)C2=C3CNCCC3=NC2=C1. The first-order valence-corrected chi connectivity index (χ1v) is 7.57. The zero-order chi connectivity index (χ0) is 16.0. The fraction of sp³-hybridized carbons (Fsp3) is 0.294. The largest absolute Gasteiger partial charge is 0.312 e. The monoisotopic (exact) mass is 315 g/mol. The van der Waals surface area contributed by atoms with E-state index in [9.17, 15) is 13.6 Å². The van der Waals surface area contributed by atoms with Crippen molar-refractivity contribution in [2.24, 2.45) is 10.9 Å². The second kappa shape index (κ2) is 5.38. The first-order chi connectivity index (χ1) is 11.1. The second-order valence-electron chi connectivity index (χ2n) is 5.77. The van der Waals surface area contributed by atoms with Crippen molar-refractivity contribution < 1.29 is 8.78 Å². The summed E-state index contributed by atoms with van der Waals surface area (Å²) in [5.74, 6) is -1.03. The van der Waals surface area contributed by atoms with Crippen LogP contribution in [0.15, 0.2) is 63.2 Å². The van der Waals surface area contributed by atoms with Gasteiger partial charge in [0.25, 0.3) is 5.56 Å². The van der Waals surface area contributed by atoms with Gasteiger partial charge in [-0.3, -0.25) is 14.4 Å². The second-order valence-corrected chi connectivity index (χ2v) is 5.77. The summed E-state index contributed by atoms with van der Waals surface area (Å²) in [6, 6.07) is 4.74. The number of fused-ring (bicyclic) bond motifs is 2. The molecule has 1 N–H and O–H groups in total. The molecule has 23 heavy (non-hydrogen) atoms. The maximum atomic E-state index is 13.6. The van der Waals surface area contributed by atoms with Crippen molar-refractivity contribution in [2.75, 3.05) is 13.1 Å². The third-order valence-corrected chi connectivity index (χ3v) is 4.39. The number of nitrogens with one attached hydrogen (secondary N) is 1. The molecule has 3 heterocycles. The number of alkyl halides is 2. The molecule has 4 rings (SSSR count). The summed E-state index contributed by atoms with van der Waals surface area (Å²) in [5.41, 5.74) is 3.17. The number of rotatable bonds is 2. The molecular formula is C17H15F2N3O. The topological polar surface area (TPSA) is 46.4 Å². The van der Waals surface area contributed by atoms with E-state index in [2.05, 4.69) is 10.3 Å². The van der Waals surface area contributed by atoms with E-state index in [1.54, 1.807) is 24.4 Å². The Kier molecular flexibility index (Phi) is 3.34. The van der Waals surface area contributed by atoms with Gasteiger partial charge in [0.2, 0.25) is 6.43 Å². The molecule has 0 amide bonds. The molecule has 1 aromatic heterocycles. The van der Waals surface area contributed by atoms with Crippen molar-refractivity contribution >= 4 is 11.4 Å². The van der Waals surface area contributed by atoms with E-state index >= 15 is 0 Å². The van der Waals surface area contributed by atoms with Crippen LogP contribution in [0, 0.1) is 5.92 Å². The molecule has 118 valence electrons. The number of aliphatic imine (C=N–C) groups is 1. The minimum Gasteiger partial charge on any atom is -0.312 e. The number of nitrogens with zero attached hydrogens (tertiary/aromatic N) is 2. The minimum atomic E-state index is -2.54. The Labute approximate surface area is 131 Å². The van der Waals surface area contributed by atoms with Crippen molar-refractivity contribution in [3.63, 3.8) is 0 Å². The molecule has 0 radical (unpaired) electrons. The summed E-state index contributed by atoms with van der Waals surface area (Å²) in [5, 5.41) is 3.21. The average Bonchev–Trinajstić information content (AvgIpc) is 2.92. The van der Waals surface area contributed by atoms with Crippen molar-refractivity contribution in [3.8, 4) is 0 Å². The Morgan fingerprint density at radius 3 is 3.00 bits per heavy atom. The van der Waals surface area contributed by atoms with Crippen LogP contribution in [0.3, 0.4) is 0 Å². The van der Waals surface area contributed by atoms with Gasteiger partial charge >= 0.3 is 0 Å². The normalized spacial score (nSPS) is 23.3. The van der Waals surface area contributed by atoms with Crippen LogP contribution in [0.4, 0.5) is 8.78 Å². The number of pyridine rings is 1. The number of hydrogen-bond acceptors (Lipinski definition) is 3. The molecule has 4 nitrogen and oxygen atoms in total. The van der Waals surface area contributed by atoms with E-state index in [4.69, 9.17) is 0 Å². The highest BCUT2D eigenvalue weighted by Crippen LogP contribution is 2.41. The van der Waals surface area contributed by atoms with Crippen LogP contribution in [0.25, 0.3) is 5.70 Å².